The van der Waals surface area contributed by atoms with Gasteiger partial charge in [0.15, 0.2) is 0 Å². The lowest BCUT2D eigenvalue weighted by molar-refractivity contribution is -0.146. The molecule has 0 aliphatic rings. The number of carbonyl (C=O) groups is 1. The molecular weight excluding hydrogens is 376 g/mol. The standard InChI is InChI=1S/C12H9BrClF3N2O2/c1-5(2)21-11(20)19-8-4-6(14)3-7(13)9(8)18-10(19)12(15,16)17/h3-5H,1-2H3. The van der Waals surface area contributed by atoms with Crippen molar-refractivity contribution in [3.8, 4) is 0 Å². The Balaban J connectivity index is 2.77. The number of halogens is 5. The topological polar surface area (TPSA) is 44.1 Å². The van der Waals surface area contributed by atoms with Gasteiger partial charge >= 0.3 is 12.3 Å². The first-order chi connectivity index (χ1) is 9.61. The van der Waals surface area contributed by atoms with Gasteiger partial charge in [0.25, 0.3) is 0 Å². The zero-order valence-electron chi connectivity index (χ0n) is 10.8. The van der Waals surface area contributed by atoms with Crippen molar-refractivity contribution in [2.75, 3.05) is 0 Å². The first kappa shape index (κ1) is 16.1. The summed E-state index contributed by atoms with van der Waals surface area (Å²) in [5.74, 6) is -1.36. The van der Waals surface area contributed by atoms with Crippen molar-refractivity contribution >= 4 is 44.7 Å². The fourth-order valence-corrected chi connectivity index (χ4v) is 2.62. The van der Waals surface area contributed by atoms with E-state index < -0.39 is 24.2 Å². The van der Waals surface area contributed by atoms with Gasteiger partial charge in [0.2, 0.25) is 5.82 Å². The number of imidazole rings is 1. The van der Waals surface area contributed by atoms with Gasteiger partial charge in [0.1, 0.15) is 5.52 Å². The summed E-state index contributed by atoms with van der Waals surface area (Å²) >= 11 is 8.91. The zero-order valence-corrected chi connectivity index (χ0v) is 13.2. The first-order valence-electron chi connectivity index (χ1n) is 5.77. The summed E-state index contributed by atoms with van der Waals surface area (Å²) < 4.78 is 44.7. The highest BCUT2D eigenvalue weighted by Crippen LogP contribution is 2.35. The Morgan fingerprint density at radius 2 is 2.05 bits per heavy atom. The number of rotatable bonds is 1. The minimum absolute atomic E-state index is 0.0209. The number of nitrogens with zero attached hydrogens (tertiary/aromatic N) is 2. The van der Waals surface area contributed by atoms with Gasteiger partial charge in [-0.15, -0.1) is 0 Å². The molecular formula is C12H9BrClF3N2O2. The van der Waals surface area contributed by atoms with E-state index >= 15 is 0 Å². The second-order valence-electron chi connectivity index (χ2n) is 4.46. The molecule has 1 aromatic heterocycles. The summed E-state index contributed by atoms with van der Waals surface area (Å²) in [5, 5.41) is 0.168. The highest BCUT2D eigenvalue weighted by Gasteiger charge is 2.40. The SMILES string of the molecule is CC(C)OC(=O)n1c(C(F)(F)F)nc2c(Br)cc(Cl)cc21. The largest absolute Gasteiger partial charge is 0.450 e. The molecule has 0 unspecified atom stereocenters. The van der Waals surface area contributed by atoms with Gasteiger partial charge in [-0.2, -0.15) is 13.2 Å². The van der Waals surface area contributed by atoms with E-state index in [1.54, 1.807) is 0 Å². The number of alkyl halides is 3. The number of fused-ring (bicyclic) bond motifs is 1. The van der Waals surface area contributed by atoms with Crippen LogP contribution in [0.3, 0.4) is 0 Å². The van der Waals surface area contributed by atoms with Crippen LogP contribution in [0.4, 0.5) is 18.0 Å². The third kappa shape index (κ3) is 3.16. The van der Waals surface area contributed by atoms with Crippen LogP contribution in [0.15, 0.2) is 16.6 Å². The summed E-state index contributed by atoms with van der Waals surface area (Å²) in [6, 6.07) is 2.63. The maximum atomic E-state index is 13.1. The molecule has 21 heavy (non-hydrogen) atoms. The molecule has 114 valence electrons. The van der Waals surface area contributed by atoms with Crippen LogP contribution in [0.1, 0.15) is 19.7 Å². The Bertz CT molecular complexity index is 713. The van der Waals surface area contributed by atoms with E-state index in [1.807, 2.05) is 0 Å². The van der Waals surface area contributed by atoms with Crippen LogP contribution in [-0.2, 0) is 10.9 Å². The van der Waals surface area contributed by atoms with Crippen molar-refractivity contribution in [2.24, 2.45) is 0 Å². The third-order valence-corrected chi connectivity index (χ3v) is 3.27. The van der Waals surface area contributed by atoms with Crippen molar-refractivity contribution in [3.63, 3.8) is 0 Å². The molecule has 0 radical (unpaired) electrons. The maximum absolute atomic E-state index is 13.1. The van der Waals surface area contributed by atoms with Gasteiger partial charge in [-0.25, -0.2) is 14.3 Å². The van der Waals surface area contributed by atoms with Gasteiger partial charge in [0, 0.05) is 9.50 Å². The molecule has 0 aliphatic carbocycles. The monoisotopic (exact) mass is 384 g/mol. The summed E-state index contributed by atoms with van der Waals surface area (Å²) in [6.07, 6.45) is -6.53. The molecule has 9 heteroatoms. The summed E-state index contributed by atoms with van der Waals surface area (Å²) in [6.45, 7) is 3.07. The predicted octanol–water partition coefficient (Wildman–Crippen LogP) is 4.86. The van der Waals surface area contributed by atoms with Gasteiger partial charge in [-0.1, -0.05) is 11.6 Å². The van der Waals surface area contributed by atoms with E-state index in [9.17, 15) is 18.0 Å². The molecule has 0 atom stereocenters. The Morgan fingerprint density at radius 3 is 2.57 bits per heavy atom. The average Bonchev–Trinajstić information content (AvgIpc) is 2.66. The predicted molar refractivity (Wildman–Crippen MR) is 74.5 cm³/mol. The number of carbonyl (C=O) groups excluding carboxylic acids is 1. The zero-order chi connectivity index (χ0) is 15.9. The van der Waals surface area contributed by atoms with E-state index in [2.05, 4.69) is 20.9 Å². The van der Waals surface area contributed by atoms with Crippen LogP contribution in [0.5, 0.6) is 0 Å². The third-order valence-electron chi connectivity index (χ3n) is 2.45. The van der Waals surface area contributed by atoms with Crippen molar-refractivity contribution in [2.45, 2.75) is 26.1 Å². The number of aromatic nitrogens is 2. The lowest BCUT2D eigenvalue weighted by atomic mass is 10.3. The van der Waals surface area contributed by atoms with Crippen LogP contribution in [-0.4, -0.2) is 21.7 Å². The van der Waals surface area contributed by atoms with Crippen LogP contribution in [0.25, 0.3) is 11.0 Å². The van der Waals surface area contributed by atoms with Crippen molar-refractivity contribution in [1.82, 2.24) is 9.55 Å². The van der Waals surface area contributed by atoms with E-state index in [0.29, 0.717) is 4.57 Å². The molecule has 1 aromatic carbocycles. The van der Waals surface area contributed by atoms with Gasteiger partial charge in [-0.3, -0.25) is 0 Å². The van der Waals surface area contributed by atoms with Crippen LogP contribution >= 0.6 is 27.5 Å². The number of ether oxygens (including phenoxy) is 1. The molecule has 0 saturated heterocycles. The smallest absolute Gasteiger partial charge is 0.446 e. The summed E-state index contributed by atoms with van der Waals surface area (Å²) in [5.41, 5.74) is -0.0974. The van der Waals surface area contributed by atoms with Crippen molar-refractivity contribution in [3.05, 3.63) is 27.5 Å². The van der Waals surface area contributed by atoms with Gasteiger partial charge in [0.05, 0.1) is 11.6 Å². The lowest BCUT2D eigenvalue weighted by Crippen LogP contribution is -2.24. The molecule has 0 N–H and O–H groups in total. The van der Waals surface area contributed by atoms with E-state index in [1.165, 1.54) is 26.0 Å². The fourth-order valence-electron chi connectivity index (χ4n) is 1.73. The molecule has 0 aliphatic heterocycles. The summed E-state index contributed by atoms with van der Waals surface area (Å²) in [4.78, 5) is 15.4. The highest BCUT2D eigenvalue weighted by molar-refractivity contribution is 9.10. The van der Waals surface area contributed by atoms with Crippen molar-refractivity contribution in [1.29, 1.82) is 0 Å². The Labute approximate surface area is 131 Å². The molecule has 0 saturated carbocycles. The van der Waals surface area contributed by atoms with E-state index in [4.69, 9.17) is 16.3 Å². The number of hydrogen-bond acceptors (Lipinski definition) is 3. The molecule has 0 bridgehead atoms. The van der Waals surface area contributed by atoms with Crippen LogP contribution in [0, 0.1) is 0 Å². The molecule has 0 spiro atoms. The van der Waals surface area contributed by atoms with Crippen molar-refractivity contribution < 1.29 is 22.7 Å². The number of hydrogen-bond donors (Lipinski definition) is 0. The van der Waals surface area contributed by atoms with E-state index in [-0.39, 0.29) is 20.5 Å². The minimum Gasteiger partial charge on any atom is -0.446 e. The highest BCUT2D eigenvalue weighted by atomic mass is 79.9. The Morgan fingerprint density at radius 1 is 1.43 bits per heavy atom. The number of benzene rings is 1. The Hall–Kier alpha value is -1.28. The lowest BCUT2D eigenvalue weighted by Gasteiger charge is -2.12. The molecule has 2 rings (SSSR count). The molecule has 1 heterocycles. The second-order valence-corrected chi connectivity index (χ2v) is 5.75. The molecule has 0 amide bonds. The van der Waals surface area contributed by atoms with Gasteiger partial charge in [-0.05, 0) is 41.9 Å². The van der Waals surface area contributed by atoms with Crippen LogP contribution < -0.4 is 0 Å². The average molecular weight is 386 g/mol. The molecule has 2 aromatic rings. The first-order valence-corrected chi connectivity index (χ1v) is 6.94. The normalized spacial score (nSPS) is 12.2. The van der Waals surface area contributed by atoms with Crippen LogP contribution in [0.2, 0.25) is 5.02 Å². The quantitative estimate of drug-likeness (QED) is 0.704. The molecule has 4 nitrogen and oxygen atoms in total. The second kappa shape index (κ2) is 5.49. The van der Waals surface area contributed by atoms with E-state index in [0.717, 1.165) is 0 Å². The maximum Gasteiger partial charge on any atom is 0.450 e. The Kier molecular flexibility index (Phi) is 4.21. The minimum atomic E-state index is -4.80. The fraction of sp³-hybridized carbons (Fsp3) is 0.333. The summed E-state index contributed by atoms with van der Waals surface area (Å²) in [7, 11) is 0. The van der Waals surface area contributed by atoms with Gasteiger partial charge < -0.3 is 4.74 Å². The molecule has 0 fully saturated rings.